The molecule has 1 aromatic rings. The van der Waals surface area contributed by atoms with Crippen molar-refractivity contribution in [3.05, 3.63) is 24.0 Å². The molecule has 0 spiro atoms. The Hall–Kier alpha value is -1.66. The van der Waals surface area contributed by atoms with Crippen LogP contribution in [-0.2, 0) is 4.79 Å². The van der Waals surface area contributed by atoms with Crippen molar-refractivity contribution >= 4 is 17.3 Å². The van der Waals surface area contributed by atoms with Crippen molar-refractivity contribution in [2.75, 3.05) is 31.2 Å². The lowest BCUT2D eigenvalue weighted by atomic mass is 10.0. The Balaban J connectivity index is 1.87. The Morgan fingerprint density at radius 1 is 1.48 bits per heavy atom. The van der Waals surface area contributed by atoms with Gasteiger partial charge in [0, 0.05) is 12.2 Å². The summed E-state index contributed by atoms with van der Waals surface area (Å²) in [6.07, 6.45) is 3.57. The van der Waals surface area contributed by atoms with Gasteiger partial charge < -0.3 is 16.2 Å². The molecule has 2 rings (SSSR count). The molecule has 116 valence electrons. The fourth-order valence-electron chi connectivity index (χ4n) is 2.82. The quantitative estimate of drug-likeness (QED) is 0.721. The highest BCUT2D eigenvalue weighted by atomic mass is 19.1. The van der Waals surface area contributed by atoms with Crippen LogP contribution in [0.4, 0.5) is 15.8 Å². The van der Waals surface area contributed by atoms with Gasteiger partial charge in [0.2, 0.25) is 5.91 Å². The standard InChI is InChI=1S/C15H22FN3O2/c1-19(10-15(21)6-2-3-7-15)9-14(20)18-13-8-11(17)4-5-12(13)16/h4-5,8,21H,2-3,6-7,9-10,17H2,1H3,(H,18,20). The molecule has 1 aliphatic carbocycles. The molecule has 0 atom stereocenters. The summed E-state index contributed by atoms with van der Waals surface area (Å²) in [4.78, 5) is 13.7. The molecule has 1 aliphatic rings. The predicted octanol–water partition coefficient (Wildman–Crippen LogP) is 1.58. The minimum absolute atomic E-state index is 0.0768. The summed E-state index contributed by atoms with van der Waals surface area (Å²) in [7, 11) is 1.77. The van der Waals surface area contributed by atoms with E-state index in [-0.39, 0.29) is 18.1 Å². The highest BCUT2D eigenvalue weighted by Crippen LogP contribution is 2.29. The molecule has 1 saturated carbocycles. The van der Waals surface area contributed by atoms with Crippen molar-refractivity contribution in [3.63, 3.8) is 0 Å². The molecule has 0 radical (unpaired) electrons. The first-order valence-corrected chi connectivity index (χ1v) is 7.14. The van der Waals surface area contributed by atoms with Crippen LogP contribution in [0.25, 0.3) is 0 Å². The number of nitrogen functional groups attached to an aromatic ring is 1. The van der Waals surface area contributed by atoms with E-state index in [1.807, 2.05) is 0 Å². The van der Waals surface area contributed by atoms with Gasteiger partial charge in [-0.2, -0.15) is 0 Å². The topological polar surface area (TPSA) is 78.6 Å². The maximum Gasteiger partial charge on any atom is 0.238 e. The van der Waals surface area contributed by atoms with E-state index in [1.165, 1.54) is 18.2 Å². The smallest absolute Gasteiger partial charge is 0.238 e. The van der Waals surface area contributed by atoms with Crippen LogP contribution in [0.2, 0.25) is 0 Å². The lowest BCUT2D eigenvalue weighted by Crippen LogP contribution is -2.42. The Kier molecular flexibility index (Phi) is 4.80. The molecule has 6 heteroatoms. The summed E-state index contributed by atoms with van der Waals surface area (Å²) >= 11 is 0. The average molecular weight is 295 g/mol. The lowest BCUT2D eigenvalue weighted by molar-refractivity contribution is -0.117. The number of hydrogen-bond donors (Lipinski definition) is 3. The normalized spacial score (nSPS) is 17.1. The molecule has 21 heavy (non-hydrogen) atoms. The summed E-state index contributed by atoms with van der Waals surface area (Å²) in [6, 6.07) is 4.04. The second-order valence-corrected chi connectivity index (χ2v) is 5.89. The van der Waals surface area contributed by atoms with Gasteiger partial charge in [-0.05, 0) is 38.1 Å². The van der Waals surface area contributed by atoms with Crippen molar-refractivity contribution in [1.82, 2.24) is 4.90 Å². The number of nitrogens with two attached hydrogens (primary N) is 1. The van der Waals surface area contributed by atoms with E-state index in [0.29, 0.717) is 12.2 Å². The van der Waals surface area contributed by atoms with E-state index in [4.69, 9.17) is 5.73 Å². The lowest BCUT2D eigenvalue weighted by Gasteiger charge is -2.28. The van der Waals surface area contributed by atoms with E-state index in [1.54, 1.807) is 11.9 Å². The summed E-state index contributed by atoms with van der Waals surface area (Å²) in [6.45, 7) is 0.538. The minimum Gasteiger partial charge on any atom is -0.399 e. The van der Waals surface area contributed by atoms with Crippen molar-refractivity contribution < 1.29 is 14.3 Å². The van der Waals surface area contributed by atoms with Gasteiger partial charge >= 0.3 is 0 Å². The van der Waals surface area contributed by atoms with Crippen LogP contribution in [0.1, 0.15) is 25.7 Å². The number of carbonyl (C=O) groups excluding carboxylic acids is 1. The monoisotopic (exact) mass is 295 g/mol. The highest BCUT2D eigenvalue weighted by Gasteiger charge is 2.32. The van der Waals surface area contributed by atoms with E-state index in [2.05, 4.69) is 5.32 Å². The Morgan fingerprint density at radius 3 is 2.81 bits per heavy atom. The third-order valence-electron chi connectivity index (χ3n) is 3.78. The molecule has 0 unspecified atom stereocenters. The summed E-state index contributed by atoms with van der Waals surface area (Å²) in [5.41, 5.74) is 5.34. The van der Waals surface area contributed by atoms with E-state index < -0.39 is 11.4 Å². The zero-order valence-corrected chi connectivity index (χ0v) is 12.2. The molecule has 5 nitrogen and oxygen atoms in total. The van der Waals surface area contributed by atoms with Crippen LogP contribution in [0, 0.1) is 5.82 Å². The highest BCUT2D eigenvalue weighted by molar-refractivity contribution is 5.92. The van der Waals surface area contributed by atoms with Gasteiger partial charge in [0.25, 0.3) is 0 Å². The Labute approximate surface area is 123 Å². The van der Waals surface area contributed by atoms with Gasteiger partial charge in [-0.3, -0.25) is 9.69 Å². The van der Waals surface area contributed by atoms with Crippen LogP contribution < -0.4 is 11.1 Å². The number of halogens is 1. The van der Waals surface area contributed by atoms with Gasteiger partial charge in [0.1, 0.15) is 5.82 Å². The van der Waals surface area contributed by atoms with Crippen LogP contribution >= 0.6 is 0 Å². The zero-order chi connectivity index (χ0) is 15.5. The number of benzene rings is 1. The van der Waals surface area contributed by atoms with Gasteiger partial charge in [0.05, 0.1) is 17.8 Å². The second-order valence-electron chi connectivity index (χ2n) is 5.89. The molecule has 0 aliphatic heterocycles. The molecule has 0 aromatic heterocycles. The summed E-state index contributed by atoms with van der Waals surface area (Å²) in [5.74, 6) is -0.849. The predicted molar refractivity (Wildman–Crippen MR) is 80.4 cm³/mol. The number of rotatable bonds is 5. The molecule has 0 saturated heterocycles. The number of aliphatic hydroxyl groups is 1. The SMILES string of the molecule is CN(CC(=O)Nc1cc(N)ccc1F)CC1(O)CCCC1. The largest absolute Gasteiger partial charge is 0.399 e. The maximum atomic E-state index is 13.5. The fraction of sp³-hybridized carbons (Fsp3) is 0.533. The van der Waals surface area contributed by atoms with Gasteiger partial charge in [-0.1, -0.05) is 12.8 Å². The second kappa shape index (κ2) is 6.41. The average Bonchev–Trinajstić information content (AvgIpc) is 2.79. The number of nitrogens with one attached hydrogen (secondary N) is 1. The molecular formula is C15H22FN3O2. The van der Waals surface area contributed by atoms with Crippen molar-refractivity contribution in [3.8, 4) is 0 Å². The molecule has 1 aromatic carbocycles. The molecule has 0 heterocycles. The number of amides is 1. The Morgan fingerprint density at radius 2 is 2.14 bits per heavy atom. The third kappa shape index (κ3) is 4.41. The molecular weight excluding hydrogens is 273 g/mol. The molecule has 4 N–H and O–H groups in total. The summed E-state index contributed by atoms with van der Waals surface area (Å²) < 4.78 is 13.5. The first-order valence-electron chi connectivity index (χ1n) is 7.14. The van der Waals surface area contributed by atoms with E-state index >= 15 is 0 Å². The molecule has 1 fully saturated rings. The van der Waals surface area contributed by atoms with Crippen molar-refractivity contribution in [2.24, 2.45) is 0 Å². The number of hydrogen-bond acceptors (Lipinski definition) is 4. The van der Waals surface area contributed by atoms with Crippen molar-refractivity contribution in [2.45, 2.75) is 31.3 Å². The minimum atomic E-state index is -0.697. The zero-order valence-electron chi connectivity index (χ0n) is 12.2. The number of anilines is 2. The first-order chi connectivity index (χ1) is 9.88. The molecule has 1 amide bonds. The third-order valence-corrected chi connectivity index (χ3v) is 3.78. The number of likely N-dealkylation sites (N-methyl/N-ethyl adjacent to an activating group) is 1. The van der Waals surface area contributed by atoms with E-state index in [0.717, 1.165) is 25.7 Å². The van der Waals surface area contributed by atoms with Crippen LogP contribution in [0.15, 0.2) is 18.2 Å². The Bertz CT molecular complexity index is 516. The van der Waals surface area contributed by atoms with Crippen LogP contribution in [0.5, 0.6) is 0 Å². The van der Waals surface area contributed by atoms with Crippen LogP contribution in [0.3, 0.4) is 0 Å². The van der Waals surface area contributed by atoms with Gasteiger partial charge in [-0.25, -0.2) is 4.39 Å². The van der Waals surface area contributed by atoms with Gasteiger partial charge in [-0.15, -0.1) is 0 Å². The maximum absolute atomic E-state index is 13.5. The fourth-order valence-corrected chi connectivity index (χ4v) is 2.82. The van der Waals surface area contributed by atoms with E-state index in [9.17, 15) is 14.3 Å². The van der Waals surface area contributed by atoms with Crippen molar-refractivity contribution in [1.29, 1.82) is 0 Å². The number of carbonyl (C=O) groups is 1. The molecule has 0 bridgehead atoms. The summed E-state index contributed by atoms with van der Waals surface area (Å²) in [5, 5.41) is 12.8. The number of nitrogens with zero attached hydrogens (tertiary/aromatic N) is 1. The van der Waals surface area contributed by atoms with Gasteiger partial charge in [0.15, 0.2) is 0 Å². The first kappa shape index (κ1) is 15.7. The van der Waals surface area contributed by atoms with Crippen LogP contribution in [-0.4, -0.2) is 41.7 Å².